The summed E-state index contributed by atoms with van der Waals surface area (Å²) >= 11 is 0. The maximum absolute atomic E-state index is 5.05. The molecule has 5 heteroatoms. The second kappa shape index (κ2) is 3.11. The van der Waals surface area contributed by atoms with Gasteiger partial charge in [-0.3, -0.25) is 0 Å². The molecule has 0 fully saturated rings. The number of nitrogens with zero attached hydrogens (tertiary/aromatic N) is 4. The van der Waals surface area contributed by atoms with Crippen LogP contribution >= 0.6 is 0 Å². The molecule has 5 nitrogen and oxygen atoms in total. The van der Waals surface area contributed by atoms with Crippen molar-refractivity contribution in [2.45, 2.75) is 0 Å². The summed E-state index contributed by atoms with van der Waals surface area (Å²) in [6.45, 7) is 0.148. The quantitative estimate of drug-likeness (QED) is 0.596. The van der Waals surface area contributed by atoms with E-state index < -0.39 is 0 Å². The van der Waals surface area contributed by atoms with Gasteiger partial charge >= 0.3 is 0 Å². The molecule has 0 spiro atoms. The van der Waals surface area contributed by atoms with Gasteiger partial charge in [0.1, 0.15) is 5.52 Å². The molecule has 0 unspecified atom stereocenters. The molecule has 0 aliphatic heterocycles. The van der Waals surface area contributed by atoms with Crippen molar-refractivity contribution in [1.82, 2.24) is 20.1 Å². The molecule has 2 aromatic heterocycles. The minimum Gasteiger partial charge on any atom is -0.381 e. The second-order valence-corrected chi connectivity index (χ2v) is 2.29. The second-order valence-electron chi connectivity index (χ2n) is 2.29. The van der Waals surface area contributed by atoms with Crippen LogP contribution in [0.1, 0.15) is 0 Å². The number of pyridine rings is 1. The molecule has 2 heterocycles. The minimum absolute atomic E-state index is 0.148. The van der Waals surface area contributed by atoms with Crippen LogP contribution in [0.15, 0.2) is 18.3 Å². The molecule has 0 aliphatic carbocycles. The van der Waals surface area contributed by atoms with Crippen molar-refractivity contribution in [2.24, 2.45) is 0 Å². The van der Waals surface area contributed by atoms with Gasteiger partial charge in [0, 0.05) is 6.20 Å². The van der Waals surface area contributed by atoms with E-state index in [1.54, 1.807) is 18.3 Å². The molecule has 2 rings (SSSR count). The van der Waals surface area contributed by atoms with Crippen LogP contribution in [0.2, 0.25) is 0 Å². The first kappa shape index (κ1) is 7.55. The molecule has 0 bridgehead atoms. The van der Waals surface area contributed by atoms with Crippen molar-refractivity contribution in [3.8, 4) is 12.3 Å². The van der Waals surface area contributed by atoms with Gasteiger partial charge in [-0.1, -0.05) is 10.8 Å². The van der Waals surface area contributed by atoms with Crippen molar-refractivity contribution >= 4 is 11.2 Å². The Morgan fingerprint density at radius 3 is 3.38 bits per heavy atom. The molecular formula is C8H6N4O. The summed E-state index contributed by atoms with van der Waals surface area (Å²) in [5.41, 5.74) is 1.25. The summed E-state index contributed by atoms with van der Waals surface area (Å²) in [6, 6.07) is 3.58. The maximum atomic E-state index is 5.05. The van der Waals surface area contributed by atoms with E-state index in [1.807, 2.05) is 0 Å². The third kappa shape index (κ3) is 1.29. The molecule has 0 aromatic carbocycles. The normalized spacial score (nSPS) is 9.77. The highest BCUT2D eigenvalue weighted by atomic mass is 16.7. The standard InChI is InChI=1S/C8H6N4O/c1-2-6-13-12-8-7(10-11-12)4-3-5-9-8/h1,3-5H,6H2. The fourth-order valence-electron chi connectivity index (χ4n) is 0.930. The zero-order valence-corrected chi connectivity index (χ0v) is 6.71. The van der Waals surface area contributed by atoms with E-state index in [0.29, 0.717) is 11.2 Å². The predicted molar refractivity (Wildman–Crippen MR) is 45.6 cm³/mol. The highest BCUT2D eigenvalue weighted by molar-refractivity contribution is 5.68. The van der Waals surface area contributed by atoms with Gasteiger partial charge in [-0.25, -0.2) is 4.98 Å². The highest BCUT2D eigenvalue weighted by Gasteiger charge is 2.03. The number of aromatic nitrogens is 4. The molecule has 0 atom stereocenters. The smallest absolute Gasteiger partial charge is 0.219 e. The van der Waals surface area contributed by atoms with E-state index in [4.69, 9.17) is 11.3 Å². The molecule has 64 valence electrons. The first-order valence-electron chi connectivity index (χ1n) is 3.65. The number of hydrogen-bond donors (Lipinski definition) is 0. The Balaban J connectivity index is 2.41. The topological polar surface area (TPSA) is 52.8 Å². The van der Waals surface area contributed by atoms with Crippen LogP contribution in [0.4, 0.5) is 0 Å². The Kier molecular flexibility index (Phi) is 1.81. The lowest BCUT2D eigenvalue weighted by molar-refractivity contribution is 0.112. The fraction of sp³-hybridized carbons (Fsp3) is 0.125. The van der Waals surface area contributed by atoms with Crippen LogP contribution in [0.3, 0.4) is 0 Å². The number of hydrogen-bond acceptors (Lipinski definition) is 4. The van der Waals surface area contributed by atoms with Crippen LogP contribution in [0.25, 0.3) is 11.2 Å². The zero-order valence-electron chi connectivity index (χ0n) is 6.71. The van der Waals surface area contributed by atoms with Gasteiger partial charge in [0.05, 0.1) is 0 Å². The lowest BCUT2D eigenvalue weighted by Crippen LogP contribution is -2.13. The Bertz CT molecular complexity index is 456. The monoisotopic (exact) mass is 174 g/mol. The van der Waals surface area contributed by atoms with E-state index in [2.05, 4.69) is 21.2 Å². The van der Waals surface area contributed by atoms with Crippen LogP contribution in [0, 0.1) is 12.3 Å². The molecule has 0 saturated carbocycles. The van der Waals surface area contributed by atoms with Crippen molar-refractivity contribution < 1.29 is 4.84 Å². The SMILES string of the molecule is C#CCOn1nnc2cccnc21. The Morgan fingerprint density at radius 1 is 1.62 bits per heavy atom. The largest absolute Gasteiger partial charge is 0.381 e. The van der Waals surface area contributed by atoms with E-state index in [-0.39, 0.29) is 6.61 Å². The Hall–Kier alpha value is -2.09. The minimum atomic E-state index is 0.148. The number of fused-ring (bicyclic) bond motifs is 1. The predicted octanol–water partition coefficient (Wildman–Crippen LogP) is -0.112. The Morgan fingerprint density at radius 2 is 2.54 bits per heavy atom. The van der Waals surface area contributed by atoms with Gasteiger partial charge in [-0.2, -0.15) is 0 Å². The average Bonchev–Trinajstić information content (AvgIpc) is 2.58. The van der Waals surface area contributed by atoms with Gasteiger partial charge in [0.25, 0.3) is 0 Å². The number of terminal acetylenes is 1. The van der Waals surface area contributed by atoms with E-state index >= 15 is 0 Å². The highest BCUT2D eigenvalue weighted by Crippen LogP contribution is 2.03. The van der Waals surface area contributed by atoms with E-state index in [0.717, 1.165) is 0 Å². The van der Waals surface area contributed by atoms with Gasteiger partial charge < -0.3 is 4.84 Å². The van der Waals surface area contributed by atoms with E-state index in [1.165, 1.54) is 4.85 Å². The molecule has 0 amide bonds. The van der Waals surface area contributed by atoms with Gasteiger partial charge in [0.15, 0.2) is 6.61 Å². The van der Waals surface area contributed by atoms with E-state index in [9.17, 15) is 0 Å². The molecular weight excluding hydrogens is 168 g/mol. The maximum Gasteiger partial charge on any atom is 0.219 e. The molecule has 0 N–H and O–H groups in total. The molecule has 0 radical (unpaired) electrons. The number of rotatable bonds is 2. The van der Waals surface area contributed by atoms with Crippen LogP contribution in [0.5, 0.6) is 0 Å². The van der Waals surface area contributed by atoms with Gasteiger partial charge in [-0.05, 0) is 17.3 Å². The third-order valence-corrected chi connectivity index (χ3v) is 1.45. The summed E-state index contributed by atoms with van der Waals surface area (Å²) < 4.78 is 0. The first-order valence-corrected chi connectivity index (χ1v) is 3.65. The molecule has 2 aromatic rings. The van der Waals surface area contributed by atoms with Crippen molar-refractivity contribution in [1.29, 1.82) is 0 Å². The molecule has 0 saturated heterocycles. The lowest BCUT2D eigenvalue weighted by atomic mass is 10.4. The summed E-state index contributed by atoms with van der Waals surface area (Å²) in [4.78, 5) is 10.3. The van der Waals surface area contributed by atoms with Gasteiger partial charge in [0.2, 0.25) is 5.65 Å². The van der Waals surface area contributed by atoms with Crippen LogP contribution < -0.4 is 4.84 Å². The average molecular weight is 174 g/mol. The van der Waals surface area contributed by atoms with Crippen LogP contribution in [-0.2, 0) is 0 Å². The summed E-state index contributed by atoms with van der Waals surface area (Å²) in [5, 5.41) is 7.55. The molecule has 13 heavy (non-hydrogen) atoms. The fourth-order valence-corrected chi connectivity index (χ4v) is 0.930. The summed E-state index contributed by atoms with van der Waals surface area (Å²) in [5.74, 6) is 2.33. The first-order chi connectivity index (χ1) is 6.42. The summed E-state index contributed by atoms with van der Waals surface area (Å²) in [7, 11) is 0. The third-order valence-electron chi connectivity index (χ3n) is 1.45. The summed E-state index contributed by atoms with van der Waals surface area (Å²) in [6.07, 6.45) is 6.67. The van der Waals surface area contributed by atoms with Crippen LogP contribution in [-0.4, -0.2) is 26.7 Å². The molecule has 0 aliphatic rings. The van der Waals surface area contributed by atoms with Crippen molar-refractivity contribution in [3.63, 3.8) is 0 Å². The van der Waals surface area contributed by atoms with Gasteiger partial charge in [-0.15, -0.1) is 11.5 Å². The lowest BCUT2D eigenvalue weighted by Gasteiger charge is -1.98. The zero-order chi connectivity index (χ0) is 9.10. The Labute approximate surface area is 74.3 Å². The van der Waals surface area contributed by atoms with Crippen molar-refractivity contribution in [3.05, 3.63) is 18.3 Å². The van der Waals surface area contributed by atoms with Crippen molar-refractivity contribution in [2.75, 3.05) is 6.61 Å².